The number of hydrogen-bond donors (Lipinski definition) is 3. The second-order valence-electron chi connectivity index (χ2n) is 4.45. The van der Waals surface area contributed by atoms with Crippen molar-refractivity contribution in [2.24, 2.45) is 0 Å². The van der Waals surface area contributed by atoms with Crippen LogP contribution in [0.2, 0.25) is 5.02 Å². The Morgan fingerprint density at radius 1 is 1.61 bits per heavy atom. The fourth-order valence-corrected chi connectivity index (χ4v) is 2.07. The number of ether oxygens (including phenoxy) is 1. The van der Waals surface area contributed by atoms with Crippen LogP contribution in [0.5, 0.6) is 0 Å². The maximum absolute atomic E-state index is 11.9. The lowest BCUT2D eigenvalue weighted by molar-refractivity contribution is 0.0264. The number of nitrogens with one attached hydrogen (secondary N) is 1. The minimum Gasteiger partial charge on any atom is -0.399 e. The first-order valence-corrected chi connectivity index (χ1v) is 6.01. The summed E-state index contributed by atoms with van der Waals surface area (Å²) in [5.74, 6) is -0.333. The molecule has 1 amide bonds. The maximum Gasteiger partial charge on any atom is 0.252 e. The van der Waals surface area contributed by atoms with Gasteiger partial charge in [-0.2, -0.15) is 0 Å². The number of carbonyl (C=O) groups is 1. The van der Waals surface area contributed by atoms with Gasteiger partial charge in [-0.1, -0.05) is 11.6 Å². The summed E-state index contributed by atoms with van der Waals surface area (Å²) < 4.78 is 5.09. The minimum atomic E-state index is -0.976. The Balaban J connectivity index is 1.99. The van der Waals surface area contributed by atoms with E-state index in [4.69, 9.17) is 22.1 Å². The highest BCUT2D eigenvalue weighted by Gasteiger charge is 2.32. The Hall–Kier alpha value is -1.30. The highest BCUT2D eigenvalue weighted by Crippen LogP contribution is 2.20. The van der Waals surface area contributed by atoms with E-state index in [0.717, 1.165) is 0 Å². The lowest BCUT2D eigenvalue weighted by Gasteiger charge is -2.20. The summed E-state index contributed by atoms with van der Waals surface area (Å²) in [6, 6.07) is 4.68. The van der Waals surface area contributed by atoms with E-state index < -0.39 is 5.60 Å². The lowest BCUT2D eigenvalue weighted by atomic mass is 10.0. The molecule has 1 saturated heterocycles. The molecule has 1 aliphatic rings. The second-order valence-corrected chi connectivity index (χ2v) is 4.86. The number of halogens is 1. The molecule has 0 bridgehead atoms. The summed E-state index contributed by atoms with van der Waals surface area (Å²) in [7, 11) is 0. The molecule has 0 spiro atoms. The number of benzene rings is 1. The molecule has 1 aliphatic heterocycles. The molecule has 0 radical (unpaired) electrons. The third kappa shape index (κ3) is 2.93. The molecule has 0 saturated carbocycles. The van der Waals surface area contributed by atoms with Gasteiger partial charge in [0.05, 0.1) is 17.2 Å². The first-order chi connectivity index (χ1) is 8.50. The fourth-order valence-electron chi connectivity index (χ4n) is 1.79. The van der Waals surface area contributed by atoms with E-state index in [1.165, 1.54) is 6.07 Å². The largest absolute Gasteiger partial charge is 0.399 e. The van der Waals surface area contributed by atoms with Crippen LogP contribution in [0.4, 0.5) is 5.69 Å². The summed E-state index contributed by atoms with van der Waals surface area (Å²) in [6.07, 6.45) is 0.517. The van der Waals surface area contributed by atoms with E-state index in [2.05, 4.69) is 5.32 Å². The van der Waals surface area contributed by atoms with Crippen LogP contribution < -0.4 is 11.1 Å². The van der Waals surface area contributed by atoms with Gasteiger partial charge in [0.25, 0.3) is 5.91 Å². The molecule has 1 atom stereocenters. The van der Waals surface area contributed by atoms with Crippen LogP contribution in [0.15, 0.2) is 18.2 Å². The van der Waals surface area contributed by atoms with Gasteiger partial charge in [-0.3, -0.25) is 4.79 Å². The first kappa shape index (κ1) is 13.1. The van der Waals surface area contributed by atoms with E-state index in [1.54, 1.807) is 12.1 Å². The number of aliphatic hydroxyl groups is 1. The van der Waals surface area contributed by atoms with Crippen LogP contribution in [0.25, 0.3) is 0 Å². The molecular weight excluding hydrogens is 256 g/mol. The summed E-state index contributed by atoms with van der Waals surface area (Å²) >= 11 is 5.93. The van der Waals surface area contributed by atoms with Crippen LogP contribution in [-0.4, -0.2) is 36.4 Å². The fraction of sp³-hybridized carbons (Fsp3) is 0.417. The second kappa shape index (κ2) is 5.14. The third-order valence-corrected chi connectivity index (χ3v) is 3.21. The number of amides is 1. The molecular formula is C12H15ClN2O3. The molecule has 5 nitrogen and oxygen atoms in total. The highest BCUT2D eigenvalue weighted by molar-refractivity contribution is 6.34. The zero-order chi connectivity index (χ0) is 13.2. The molecule has 18 heavy (non-hydrogen) atoms. The van der Waals surface area contributed by atoms with Crippen molar-refractivity contribution in [2.75, 3.05) is 25.5 Å². The first-order valence-electron chi connectivity index (χ1n) is 5.63. The van der Waals surface area contributed by atoms with Crippen molar-refractivity contribution in [1.29, 1.82) is 0 Å². The van der Waals surface area contributed by atoms with Crippen molar-refractivity contribution in [2.45, 2.75) is 12.0 Å². The van der Waals surface area contributed by atoms with E-state index in [0.29, 0.717) is 29.3 Å². The van der Waals surface area contributed by atoms with Gasteiger partial charge >= 0.3 is 0 Å². The maximum atomic E-state index is 11.9. The SMILES string of the molecule is Nc1ccc(C(=O)NCC2(O)CCOC2)c(Cl)c1. The van der Waals surface area contributed by atoms with Crippen molar-refractivity contribution in [3.63, 3.8) is 0 Å². The average Bonchev–Trinajstić information content (AvgIpc) is 2.74. The number of nitrogens with two attached hydrogens (primary N) is 1. The number of rotatable bonds is 3. The van der Waals surface area contributed by atoms with Crippen LogP contribution >= 0.6 is 11.6 Å². The van der Waals surface area contributed by atoms with E-state index >= 15 is 0 Å². The Labute approximate surface area is 110 Å². The van der Waals surface area contributed by atoms with E-state index in [9.17, 15) is 9.90 Å². The monoisotopic (exact) mass is 270 g/mol. The van der Waals surface area contributed by atoms with Crippen LogP contribution in [0.3, 0.4) is 0 Å². The number of anilines is 1. The number of nitrogen functional groups attached to an aromatic ring is 1. The Bertz CT molecular complexity index is 459. The molecule has 2 rings (SSSR count). The quantitative estimate of drug-likeness (QED) is 0.710. The van der Waals surface area contributed by atoms with Crippen molar-refractivity contribution in [3.05, 3.63) is 28.8 Å². The van der Waals surface area contributed by atoms with E-state index in [1.807, 2.05) is 0 Å². The van der Waals surface area contributed by atoms with Gasteiger partial charge in [0, 0.05) is 25.3 Å². The molecule has 1 aromatic carbocycles. The van der Waals surface area contributed by atoms with Crippen molar-refractivity contribution < 1.29 is 14.6 Å². The molecule has 4 N–H and O–H groups in total. The van der Waals surface area contributed by atoms with Gasteiger partial charge < -0.3 is 20.9 Å². The summed E-state index contributed by atoms with van der Waals surface area (Å²) in [5.41, 5.74) is 5.41. The standard InChI is InChI=1S/C12H15ClN2O3/c13-10-5-8(14)1-2-9(10)11(16)15-6-12(17)3-4-18-7-12/h1-2,5,17H,3-4,6-7,14H2,(H,15,16). The van der Waals surface area contributed by atoms with Gasteiger partial charge in [-0.25, -0.2) is 0 Å². The molecule has 1 unspecified atom stereocenters. The Morgan fingerprint density at radius 2 is 2.39 bits per heavy atom. The van der Waals surface area contributed by atoms with Crippen LogP contribution in [-0.2, 0) is 4.74 Å². The van der Waals surface area contributed by atoms with Gasteiger partial charge in [-0.15, -0.1) is 0 Å². The summed E-state index contributed by atoms with van der Waals surface area (Å²) in [6.45, 7) is 0.893. The zero-order valence-corrected chi connectivity index (χ0v) is 10.5. The minimum absolute atomic E-state index is 0.145. The molecule has 0 aromatic heterocycles. The van der Waals surface area contributed by atoms with E-state index in [-0.39, 0.29) is 19.1 Å². The normalized spacial score (nSPS) is 23.0. The predicted molar refractivity (Wildman–Crippen MR) is 68.6 cm³/mol. The summed E-state index contributed by atoms with van der Waals surface area (Å²) in [5, 5.41) is 12.9. The summed E-state index contributed by atoms with van der Waals surface area (Å²) in [4.78, 5) is 11.9. The van der Waals surface area contributed by atoms with Gasteiger partial charge in [0.2, 0.25) is 0 Å². The van der Waals surface area contributed by atoms with Gasteiger partial charge in [0.1, 0.15) is 5.60 Å². The van der Waals surface area contributed by atoms with Crippen molar-refractivity contribution in [3.8, 4) is 0 Å². The van der Waals surface area contributed by atoms with Crippen molar-refractivity contribution >= 4 is 23.2 Å². The number of hydrogen-bond acceptors (Lipinski definition) is 4. The van der Waals surface area contributed by atoms with Crippen LogP contribution in [0, 0.1) is 0 Å². The van der Waals surface area contributed by atoms with Crippen molar-refractivity contribution in [1.82, 2.24) is 5.32 Å². The van der Waals surface area contributed by atoms with Gasteiger partial charge in [-0.05, 0) is 18.2 Å². The van der Waals surface area contributed by atoms with Gasteiger partial charge in [0.15, 0.2) is 0 Å². The molecule has 1 fully saturated rings. The lowest BCUT2D eigenvalue weighted by Crippen LogP contribution is -2.43. The molecule has 0 aliphatic carbocycles. The average molecular weight is 271 g/mol. The predicted octanol–water partition coefficient (Wildman–Crippen LogP) is 0.803. The topological polar surface area (TPSA) is 84.6 Å². The third-order valence-electron chi connectivity index (χ3n) is 2.90. The molecule has 1 aromatic rings. The smallest absolute Gasteiger partial charge is 0.252 e. The zero-order valence-electron chi connectivity index (χ0n) is 9.78. The van der Waals surface area contributed by atoms with Crippen LogP contribution in [0.1, 0.15) is 16.8 Å². The molecule has 6 heteroatoms. The highest BCUT2D eigenvalue weighted by atomic mass is 35.5. The molecule has 1 heterocycles. The Kier molecular flexibility index (Phi) is 3.75. The Morgan fingerprint density at radius 3 is 3.00 bits per heavy atom. The number of carbonyl (C=O) groups excluding carboxylic acids is 1. The molecule has 98 valence electrons.